The van der Waals surface area contributed by atoms with E-state index in [1.54, 1.807) is 6.92 Å². The van der Waals surface area contributed by atoms with Crippen molar-refractivity contribution in [3.8, 4) is 0 Å². The molecular weight excluding hydrogens is 400 g/mol. The van der Waals surface area contributed by atoms with Crippen molar-refractivity contribution in [3.63, 3.8) is 0 Å². The zero-order valence-corrected chi connectivity index (χ0v) is 20.0. The van der Waals surface area contributed by atoms with Crippen LogP contribution < -0.4 is 0 Å². The van der Waals surface area contributed by atoms with Crippen molar-refractivity contribution in [1.82, 2.24) is 0 Å². The van der Waals surface area contributed by atoms with E-state index < -0.39 is 0 Å². The number of carbonyl (C=O) groups excluding carboxylic acids is 1. The van der Waals surface area contributed by atoms with E-state index in [9.17, 15) is 20.1 Å². The van der Waals surface area contributed by atoms with E-state index >= 15 is 0 Å². The van der Waals surface area contributed by atoms with Crippen molar-refractivity contribution in [2.24, 2.45) is 28.6 Å². The molecule has 32 heavy (non-hydrogen) atoms. The summed E-state index contributed by atoms with van der Waals surface area (Å²) in [6.07, 6.45) is 11.5. The fraction of sp³-hybridized carbons (Fsp3) is 0.607. The predicted octanol–water partition coefficient (Wildman–Crippen LogP) is 7.18. The highest BCUT2D eigenvalue weighted by molar-refractivity contribution is 5.82. The van der Waals surface area contributed by atoms with Crippen LogP contribution in [-0.2, 0) is 4.79 Å². The van der Waals surface area contributed by atoms with Crippen LogP contribution >= 0.6 is 0 Å². The average Bonchev–Trinajstić information content (AvgIpc) is 3.10. The SMILES string of the molecule is C=C(O)/C(O)=C(C)\C(C1=CCC2C3CC=C4CC(=O)CC[C@]4(C)C3CC[C@]12C)=C(\O)CC. The average molecular weight is 439 g/mol. The van der Waals surface area contributed by atoms with Crippen LogP contribution in [0.5, 0.6) is 0 Å². The number of fused-ring (bicyclic) bond motifs is 5. The van der Waals surface area contributed by atoms with Gasteiger partial charge in [-0.1, -0.05) is 45.1 Å². The Labute approximate surface area is 192 Å². The second-order valence-corrected chi connectivity index (χ2v) is 10.9. The van der Waals surface area contributed by atoms with Gasteiger partial charge in [0, 0.05) is 30.4 Å². The second kappa shape index (κ2) is 7.97. The van der Waals surface area contributed by atoms with Crippen LogP contribution in [0.3, 0.4) is 0 Å². The first kappa shape index (κ1) is 22.9. The lowest BCUT2D eigenvalue weighted by molar-refractivity contribution is -0.122. The molecule has 0 radical (unpaired) electrons. The van der Waals surface area contributed by atoms with Gasteiger partial charge in [0.15, 0.2) is 5.76 Å². The Balaban J connectivity index is 1.72. The molecule has 4 rings (SSSR count). The van der Waals surface area contributed by atoms with Crippen molar-refractivity contribution in [1.29, 1.82) is 0 Å². The quantitative estimate of drug-likeness (QED) is 0.247. The van der Waals surface area contributed by atoms with Crippen LogP contribution in [0.4, 0.5) is 0 Å². The Kier molecular flexibility index (Phi) is 5.71. The number of hydrogen-bond donors (Lipinski definition) is 3. The summed E-state index contributed by atoms with van der Waals surface area (Å²) in [5.74, 6) is 1.61. The van der Waals surface area contributed by atoms with Crippen LogP contribution in [0.2, 0.25) is 0 Å². The van der Waals surface area contributed by atoms with Gasteiger partial charge < -0.3 is 15.3 Å². The molecule has 0 aromatic carbocycles. The van der Waals surface area contributed by atoms with E-state index in [-0.39, 0.29) is 28.1 Å². The summed E-state index contributed by atoms with van der Waals surface area (Å²) in [5.41, 5.74) is 3.67. The van der Waals surface area contributed by atoms with E-state index in [0.717, 1.165) is 37.7 Å². The Morgan fingerprint density at radius 2 is 1.81 bits per heavy atom. The van der Waals surface area contributed by atoms with Gasteiger partial charge in [0.1, 0.15) is 11.5 Å². The third kappa shape index (κ3) is 3.29. The van der Waals surface area contributed by atoms with Gasteiger partial charge in [0.2, 0.25) is 0 Å². The van der Waals surface area contributed by atoms with Gasteiger partial charge >= 0.3 is 0 Å². The van der Waals surface area contributed by atoms with Gasteiger partial charge in [0.05, 0.1) is 5.76 Å². The minimum absolute atomic E-state index is 0.0931. The van der Waals surface area contributed by atoms with Crippen LogP contribution in [0.15, 0.2) is 58.3 Å². The van der Waals surface area contributed by atoms with Crippen molar-refractivity contribution in [2.45, 2.75) is 79.1 Å². The van der Waals surface area contributed by atoms with Gasteiger partial charge in [-0.2, -0.15) is 0 Å². The molecule has 0 aliphatic heterocycles. The van der Waals surface area contributed by atoms with Gasteiger partial charge in [-0.05, 0) is 73.2 Å². The molecule has 4 heteroatoms. The van der Waals surface area contributed by atoms with Crippen LogP contribution in [0, 0.1) is 28.6 Å². The summed E-state index contributed by atoms with van der Waals surface area (Å²) in [7, 11) is 0. The highest BCUT2D eigenvalue weighted by atomic mass is 16.3. The Morgan fingerprint density at radius 3 is 2.47 bits per heavy atom. The second-order valence-electron chi connectivity index (χ2n) is 10.9. The Hall–Kier alpha value is -2.23. The van der Waals surface area contributed by atoms with Crippen LogP contribution in [0.1, 0.15) is 79.1 Å². The summed E-state index contributed by atoms with van der Waals surface area (Å²) < 4.78 is 0. The van der Waals surface area contributed by atoms with Gasteiger partial charge in [-0.15, -0.1) is 0 Å². The molecule has 4 aliphatic carbocycles. The molecule has 0 saturated heterocycles. The number of rotatable bonds is 4. The number of hydrogen-bond acceptors (Lipinski definition) is 4. The normalized spacial score (nSPS) is 37.9. The monoisotopic (exact) mass is 438 g/mol. The summed E-state index contributed by atoms with van der Waals surface area (Å²) in [6, 6.07) is 0. The summed E-state index contributed by atoms with van der Waals surface area (Å²) >= 11 is 0. The lowest BCUT2D eigenvalue weighted by atomic mass is 9.47. The fourth-order valence-electron chi connectivity index (χ4n) is 7.52. The molecule has 4 nitrogen and oxygen atoms in total. The van der Waals surface area contributed by atoms with Crippen molar-refractivity contribution in [3.05, 3.63) is 58.3 Å². The molecule has 0 aromatic rings. The van der Waals surface area contributed by atoms with Gasteiger partial charge in [0.25, 0.3) is 0 Å². The number of Topliss-reactive ketones (excluding diaryl/α,β-unsaturated/α-hetero) is 1. The molecule has 2 saturated carbocycles. The van der Waals surface area contributed by atoms with E-state index in [1.807, 2.05) is 6.92 Å². The topological polar surface area (TPSA) is 77.8 Å². The maximum Gasteiger partial charge on any atom is 0.160 e. The fourth-order valence-corrected chi connectivity index (χ4v) is 7.52. The summed E-state index contributed by atoms with van der Waals surface area (Å²) in [6.45, 7) is 11.8. The lowest BCUT2D eigenvalue weighted by Crippen LogP contribution is -2.49. The molecule has 0 aromatic heterocycles. The van der Waals surface area contributed by atoms with Crippen LogP contribution in [0.25, 0.3) is 0 Å². The first-order valence-electron chi connectivity index (χ1n) is 12.2. The lowest BCUT2D eigenvalue weighted by Gasteiger charge is -2.57. The summed E-state index contributed by atoms with van der Waals surface area (Å²) in [5, 5.41) is 31.1. The molecule has 0 amide bonds. The largest absolute Gasteiger partial charge is 0.512 e. The third-order valence-electron chi connectivity index (χ3n) is 9.41. The van der Waals surface area contributed by atoms with E-state index in [0.29, 0.717) is 53.9 Å². The Morgan fingerprint density at radius 1 is 1.09 bits per heavy atom. The van der Waals surface area contributed by atoms with Gasteiger partial charge in [-0.3, -0.25) is 4.79 Å². The summed E-state index contributed by atoms with van der Waals surface area (Å²) in [4.78, 5) is 12.1. The molecule has 0 bridgehead atoms. The molecular formula is C28H38O4. The minimum Gasteiger partial charge on any atom is -0.512 e. The number of ketones is 1. The maximum absolute atomic E-state index is 12.1. The number of carbonyl (C=O) groups is 1. The van der Waals surface area contributed by atoms with Crippen molar-refractivity contribution in [2.75, 3.05) is 0 Å². The number of aliphatic hydroxyl groups is 3. The molecule has 4 aliphatic rings. The zero-order valence-electron chi connectivity index (χ0n) is 20.0. The van der Waals surface area contributed by atoms with Crippen molar-refractivity contribution >= 4 is 5.78 Å². The molecule has 5 atom stereocenters. The highest BCUT2D eigenvalue weighted by Gasteiger charge is 2.57. The molecule has 174 valence electrons. The molecule has 3 unspecified atom stereocenters. The Bertz CT molecular complexity index is 977. The molecule has 0 heterocycles. The minimum atomic E-state index is -0.377. The van der Waals surface area contributed by atoms with E-state index in [2.05, 4.69) is 32.6 Å². The predicted molar refractivity (Wildman–Crippen MR) is 127 cm³/mol. The molecule has 2 fully saturated rings. The zero-order chi connectivity index (χ0) is 23.4. The third-order valence-corrected chi connectivity index (χ3v) is 9.41. The van der Waals surface area contributed by atoms with Gasteiger partial charge in [-0.25, -0.2) is 0 Å². The first-order chi connectivity index (χ1) is 15.0. The molecule has 3 N–H and O–H groups in total. The number of allylic oxidation sites excluding steroid dienone is 7. The van der Waals surface area contributed by atoms with Crippen LogP contribution in [-0.4, -0.2) is 21.1 Å². The maximum atomic E-state index is 12.1. The standard InChI is InChI=1S/C28H38O4/c1-6-24(31)25(16(2)26(32)17(3)29)23-10-9-21-20-8-7-18-15-19(30)11-13-27(18,4)22(20)12-14-28(21,23)5/h7,10,20-22,29,31-32H,3,6,8-9,11-15H2,1-2,4-5H3/b25-24-,26-16+/t20?,21?,22?,27-,28-/m0/s1. The van der Waals surface area contributed by atoms with E-state index in [1.165, 1.54) is 5.57 Å². The molecule has 0 spiro atoms. The smallest absolute Gasteiger partial charge is 0.160 e. The number of aliphatic hydroxyl groups excluding tert-OH is 3. The highest BCUT2D eigenvalue weighted by Crippen LogP contribution is 2.66. The van der Waals surface area contributed by atoms with Crippen molar-refractivity contribution < 1.29 is 20.1 Å². The first-order valence-corrected chi connectivity index (χ1v) is 12.2. The van der Waals surface area contributed by atoms with E-state index in [4.69, 9.17) is 0 Å².